The molecule has 1 aromatic carbocycles. The first-order valence-electron chi connectivity index (χ1n) is 4.67. The molecule has 1 rings (SSSR count). The fraction of sp³-hybridized carbons (Fsp3) is 0.455. The monoisotopic (exact) mass is 200 g/mol. The maximum Gasteiger partial charge on any atom is 0.127 e. The van der Waals surface area contributed by atoms with Gasteiger partial charge in [0.05, 0.1) is 0 Å². The lowest BCUT2D eigenvalue weighted by Crippen LogP contribution is -2.06. The van der Waals surface area contributed by atoms with Crippen molar-refractivity contribution in [3.8, 4) is 0 Å². The number of rotatable bonds is 1. The van der Waals surface area contributed by atoms with Crippen LogP contribution in [0, 0.1) is 5.82 Å². The molecule has 0 heterocycles. The number of hydrogen-bond acceptors (Lipinski definition) is 0. The molecule has 0 aliphatic heterocycles. The van der Waals surface area contributed by atoms with Gasteiger partial charge in [0.1, 0.15) is 5.82 Å². The van der Waals surface area contributed by atoms with Crippen molar-refractivity contribution in [2.24, 2.45) is 0 Å². The van der Waals surface area contributed by atoms with Crippen molar-refractivity contribution in [1.29, 1.82) is 0 Å². The highest BCUT2D eigenvalue weighted by molar-refractivity contribution is 7.27. The maximum absolute atomic E-state index is 13.1. The summed E-state index contributed by atoms with van der Waals surface area (Å²) in [5, 5.41) is 0.958. The molecule has 0 N–H and O–H groups in total. The van der Waals surface area contributed by atoms with Crippen LogP contribution < -0.4 is 5.30 Å². The Hall–Kier alpha value is -0.420. The molecule has 0 saturated carbocycles. The first-order chi connectivity index (χ1) is 6.13. The van der Waals surface area contributed by atoms with E-state index in [1.165, 1.54) is 6.07 Å². The largest absolute Gasteiger partial charge is 0.207 e. The molecule has 0 nitrogen and oxygen atoms in total. The first-order valence-corrected chi connectivity index (χ1v) is 5.24. The Morgan fingerprint density at radius 2 is 1.77 bits per heavy atom. The van der Waals surface area contributed by atoms with Gasteiger partial charge in [-0.15, -0.1) is 9.24 Å². The zero-order valence-electron chi connectivity index (χ0n) is 8.76. The van der Waals surface area contributed by atoms with Crippen LogP contribution in [0.5, 0.6) is 0 Å². The van der Waals surface area contributed by atoms with E-state index in [0.717, 1.165) is 10.9 Å². The zero-order chi connectivity index (χ0) is 10.4. The van der Waals surface area contributed by atoms with Crippen LogP contribution in [-0.4, -0.2) is 0 Å². The van der Waals surface area contributed by atoms with Crippen molar-refractivity contribution in [1.82, 2.24) is 0 Å². The molecule has 1 aromatic rings. The van der Waals surface area contributed by atoms with E-state index in [0.29, 0.717) is 0 Å². The van der Waals surface area contributed by atoms with Gasteiger partial charge in [0.25, 0.3) is 0 Å². The van der Waals surface area contributed by atoms with Gasteiger partial charge in [-0.1, -0.05) is 39.8 Å². The molecule has 0 spiro atoms. The predicted octanol–water partition coefficient (Wildman–Crippen LogP) is 3.48. The van der Waals surface area contributed by atoms with Crippen LogP contribution in [0.3, 0.4) is 0 Å². The summed E-state index contributed by atoms with van der Waals surface area (Å²) in [7, 11) is 2.55. The van der Waals surface area contributed by atoms with Gasteiger partial charge < -0.3 is 0 Å². The zero-order valence-corrected chi connectivity index (χ0v) is 9.92. The van der Waals surface area contributed by atoms with Crippen molar-refractivity contribution >= 4 is 14.5 Å². The first kappa shape index (κ1) is 12.6. The van der Waals surface area contributed by atoms with E-state index in [9.17, 15) is 4.39 Å². The van der Waals surface area contributed by atoms with E-state index < -0.39 is 0 Å². The van der Waals surface area contributed by atoms with Crippen LogP contribution in [0.4, 0.5) is 4.39 Å². The Balaban J connectivity index is 0.000000671. The summed E-state index contributed by atoms with van der Waals surface area (Å²) < 4.78 is 13.1. The lowest BCUT2D eigenvalue weighted by atomic mass is 10.0. The Morgan fingerprint density at radius 1 is 1.23 bits per heavy atom. The molecular weight excluding hydrogens is 182 g/mol. The molecule has 13 heavy (non-hydrogen) atoms. The molecule has 0 bridgehead atoms. The molecule has 74 valence electrons. The Morgan fingerprint density at radius 3 is 2.08 bits per heavy atom. The second kappa shape index (κ2) is 6.10. The minimum absolute atomic E-state index is 0.104. The molecule has 2 heteroatoms. The van der Waals surface area contributed by atoms with E-state index in [-0.39, 0.29) is 11.7 Å². The van der Waals surface area contributed by atoms with Gasteiger partial charge in [-0.05, 0) is 22.9 Å². The Kier molecular flexibility index (Phi) is 5.90. The second-order valence-corrected chi connectivity index (χ2v) is 3.52. The van der Waals surface area contributed by atoms with Gasteiger partial charge in [-0.2, -0.15) is 0 Å². The standard InChI is InChI=1S/C9H12FP.C2H6/c1-6(2)9-7(10)4-3-5-8(9)11;1-2/h3-6H,11H2,1-2H3;1-2H3. The van der Waals surface area contributed by atoms with Gasteiger partial charge in [0.15, 0.2) is 0 Å². The molecule has 0 fully saturated rings. The summed E-state index contributed by atoms with van der Waals surface area (Å²) in [5.74, 6) is 0.149. The summed E-state index contributed by atoms with van der Waals surface area (Å²) >= 11 is 0. The van der Waals surface area contributed by atoms with Gasteiger partial charge in [0, 0.05) is 0 Å². The third-order valence-electron chi connectivity index (χ3n) is 1.66. The summed E-state index contributed by atoms with van der Waals surface area (Å²) in [6, 6.07) is 5.13. The average Bonchev–Trinajstić information content (AvgIpc) is 2.07. The molecule has 1 unspecified atom stereocenters. The molecule has 0 aliphatic carbocycles. The molecule has 0 aromatic heterocycles. The summed E-state index contributed by atoms with van der Waals surface area (Å²) in [6.07, 6.45) is 0. The molecule has 0 saturated heterocycles. The summed E-state index contributed by atoms with van der Waals surface area (Å²) in [5.41, 5.74) is 0.803. The van der Waals surface area contributed by atoms with Crippen molar-refractivity contribution in [2.45, 2.75) is 33.6 Å². The normalized spacial score (nSPS) is 9.46. The Bertz CT molecular complexity index is 236. The highest BCUT2D eigenvalue weighted by Crippen LogP contribution is 2.17. The third-order valence-corrected chi connectivity index (χ3v) is 2.17. The quantitative estimate of drug-likeness (QED) is 0.609. The van der Waals surface area contributed by atoms with Crippen LogP contribution in [0.25, 0.3) is 0 Å². The van der Waals surface area contributed by atoms with Crippen LogP contribution >= 0.6 is 9.24 Å². The number of benzene rings is 1. The maximum atomic E-state index is 13.1. The number of hydrogen-bond donors (Lipinski definition) is 0. The van der Waals surface area contributed by atoms with Gasteiger partial charge in [-0.25, -0.2) is 4.39 Å². The third kappa shape index (κ3) is 3.44. The topological polar surface area (TPSA) is 0 Å². The predicted molar refractivity (Wildman–Crippen MR) is 61.2 cm³/mol. The second-order valence-electron chi connectivity index (χ2n) is 2.90. The Labute approximate surface area is 82.8 Å². The van der Waals surface area contributed by atoms with E-state index >= 15 is 0 Å². The summed E-state index contributed by atoms with van der Waals surface area (Å²) in [4.78, 5) is 0. The molecule has 0 amide bonds. The lowest BCUT2D eigenvalue weighted by Gasteiger charge is -2.09. The number of halogens is 1. The molecular formula is C11H18FP. The average molecular weight is 200 g/mol. The van der Waals surface area contributed by atoms with Gasteiger partial charge >= 0.3 is 0 Å². The van der Waals surface area contributed by atoms with E-state index in [2.05, 4.69) is 9.24 Å². The van der Waals surface area contributed by atoms with Crippen LogP contribution in [0.15, 0.2) is 18.2 Å². The minimum Gasteiger partial charge on any atom is -0.207 e. The lowest BCUT2D eigenvalue weighted by molar-refractivity contribution is 0.601. The van der Waals surface area contributed by atoms with Crippen molar-refractivity contribution < 1.29 is 4.39 Å². The smallest absolute Gasteiger partial charge is 0.127 e. The highest BCUT2D eigenvalue weighted by atomic mass is 31.0. The van der Waals surface area contributed by atoms with Crippen LogP contribution in [-0.2, 0) is 0 Å². The van der Waals surface area contributed by atoms with Crippen LogP contribution in [0.2, 0.25) is 0 Å². The van der Waals surface area contributed by atoms with Crippen molar-refractivity contribution in [2.75, 3.05) is 0 Å². The molecule has 0 radical (unpaired) electrons. The fourth-order valence-electron chi connectivity index (χ4n) is 1.16. The minimum atomic E-state index is -0.104. The van der Waals surface area contributed by atoms with Gasteiger partial charge in [-0.3, -0.25) is 0 Å². The summed E-state index contributed by atoms with van der Waals surface area (Å²) in [6.45, 7) is 7.98. The molecule has 1 atom stereocenters. The fourth-order valence-corrected chi connectivity index (χ4v) is 1.75. The SMILES string of the molecule is CC.CC(C)c1c(F)cccc1P. The van der Waals surface area contributed by atoms with E-state index in [1.807, 2.05) is 33.8 Å². The van der Waals surface area contributed by atoms with Crippen molar-refractivity contribution in [3.63, 3.8) is 0 Å². The highest BCUT2D eigenvalue weighted by Gasteiger charge is 2.07. The van der Waals surface area contributed by atoms with Crippen molar-refractivity contribution in [3.05, 3.63) is 29.6 Å². The van der Waals surface area contributed by atoms with E-state index in [4.69, 9.17) is 0 Å². The van der Waals surface area contributed by atoms with E-state index in [1.54, 1.807) is 6.07 Å². The van der Waals surface area contributed by atoms with Crippen LogP contribution in [0.1, 0.15) is 39.2 Å². The van der Waals surface area contributed by atoms with Gasteiger partial charge in [0.2, 0.25) is 0 Å². The molecule has 0 aliphatic rings.